The van der Waals surface area contributed by atoms with Crippen molar-refractivity contribution in [3.8, 4) is 5.75 Å². The first-order valence-corrected chi connectivity index (χ1v) is 5.51. The highest BCUT2D eigenvalue weighted by Crippen LogP contribution is 2.21. The molecule has 6 heteroatoms. The molecule has 0 saturated carbocycles. The maximum Gasteiger partial charge on any atom is 0.341 e. The van der Waals surface area contributed by atoms with E-state index in [0.717, 1.165) is 0 Å². The maximum absolute atomic E-state index is 11.8. The largest absolute Gasteiger partial charge is 0.496 e. The van der Waals surface area contributed by atoms with Crippen molar-refractivity contribution < 1.29 is 19.1 Å². The fraction of sp³-hybridized carbons (Fsp3) is 0.308. The third-order valence-corrected chi connectivity index (χ3v) is 2.26. The van der Waals surface area contributed by atoms with Crippen LogP contribution in [0.1, 0.15) is 20.7 Å². The van der Waals surface area contributed by atoms with Crippen molar-refractivity contribution in [3.05, 3.63) is 29.3 Å². The molecule has 102 valence electrons. The number of ether oxygens (including phenoxy) is 2. The van der Waals surface area contributed by atoms with E-state index in [0.29, 0.717) is 5.56 Å². The minimum absolute atomic E-state index is 0.262. The van der Waals surface area contributed by atoms with E-state index in [1.54, 1.807) is 19.0 Å². The van der Waals surface area contributed by atoms with E-state index in [1.807, 2.05) is 0 Å². The Morgan fingerprint density at radius 3 is 2.47 bits per heavy atom. The monoisotopic (exact) mass is 264 g/mol. The predicted molar refractivity (Wildman–Crippen MR) is 70.8 cm³/mol. The Kier molecular flexibility index (Phi) is 5.05. The van der Waals surface area contributed by atoms with Crippen LogP contribution in [0, 0.1) is 0 Å². The first kappa shape index (κ1) is 14.7. The van der Waals surface area contributed by atoms with Crippen LogP contribution in [0.4, 0.5) is 0 Å². The van der Waals surface area contributed by atoms with Crippen LogP contribution in [0.3, 0.4) is 0 Å². The van der Waals surface area contributed by atoms with Crippen LogP contribution >= 0.6 is 0 Å². The highest BCUT2D eigenvalue weighted by atomic mass is 16.5. The minimum Gasteiger partial charge on any atom is -0.496 e. The smallest absolute Gasteiger partial charge is 0.341 e. The van der Waals surface area contributed by atoms with Crippen LogP contribution in [-0.4, -0.2) is 51.4 Å². The number of aliphatic imine (C=N–C) groups is 1. The summed E-state index contributed by atoms with van der Waals surface area (Å²) >= 11 is 0. The lowest BCUT2D eigenvalue weighted by Crippen LogP contribution is -2.10. The molecule has 1 rings (SSSR count). The van der Waals surface area contributed by atoms with Crippen LogP contribution in [0.2, 0.25) is 0 Å². The predicted octanol–water partition coefficient (Wildman–Crippen LogP) is 1.21. The molecule has 1 amide bonds. The Labute approximate surface area is 111 Å². The Bertz CT molecular complexity index is 509. The van der Waals surface area contributed by atoms with E-state index in [1.165, 1.54) is 38.8 Å². The summed E-state index contributed by atoms with van der Waals surface area (Å²) in [5.41, 5.74) is 0.598. The standard InChI is InChI=1S/C13H16N2O4/c1-15(2)8-14-12(16)9-5-6-10(13(17)19-4)11(7-9)18-3/h5-8H,1-4H3. The molecule has 1 aromatic carbocycles. The van der Waals surface area contributed by atoms with Gasteiger partial charge in [0.05, 0.1) is 20.6 Å². The number of rotatable bonds is 4. The van der Waals surface area contributed by atoms with Crippen molar-refractivity contribution in [2.75, 3.05) is 28.3 Å². The van der Waals surface area contributed by atoms with Gasteiger partial charge < -0.3 is 14.4 Å². The zero-order valence-corrected chi connectivity index (χ0v) is 11.3. The van der Waals surface area contributed by atoms with Gasteiger partial charge >= 0.3 is 5.97 Å². The van der Waals surface area contributed by atoms with Crippen LogP contribution in [0.5, 0.6) is 5.75 Å². The highest BCUT2D eigenvalue weighted by Gasteiger charge is 2.15. The number of hydrogen-bond acceptors (Lipinski definition) is 4. The summed E-state index contributed by atoms with van der Waals surface area (Å²) in [5, 5.41) is 0. The van der Waals surface area contributed by atoms with Gasteiger partial charge in [-0.05, 0) is 18.2 Å². The quantitative estimate of drug-likeness (QED) is 0.464. The van der Waals surface area contributed by atoms with Gasteiger partial charge in [0.1, 0.15) is 11.3 Å². The Balaban J connectivity index is 3.06. The molecular weight excluding hydrogens is 248 g/mol. The van der Waals surface area contributed by atoms with Gasteiger partial charge in [-0.3, -0.25) is 4.79 Å². The molecule has 0 aliphatic heterocycles. The number of amides is 1. The average molecular weight is 264 g/mol. The molecule has 0 bridgehead atoms. The second-order valence-electron chi connectivity index (χ2n) is 3.92. The summed E-state index contributed by atoms with van der Waals surface area (Å²) in [7, 11) is 6.22. The summed E-state index contributed by atoms with van der Waals surface area (Å²) in [6.07, 6.45) is 1.41. The number of benzene rings is 1. The van der Waals surface area contributed by atoms with Gasteiger partial charge in [0.2, 0.25) is 0 Å². The summed E-state index contributed by atoms with van der Waals surface area (Å²) in [6.45, 7) is 0. The molecule has 1 aromatic rings. The molecule has 6 nitrogen and oxygen atoms in total. The fourth-order valence-electron chi connectivity index (χ4n) is 1.35. The Morgan fingerprint density at radius 2 is 1.95 bits per heavy atom. The van der Waals surface area contributed by atoms with Gasteiger partial charge in [0.15, 0.2) is 0 Å². The zero-order valence-electron chi connectivity index (χ0n) is 11.3. The van der Waals surface area contributed by atoms with E-state index in [2.05, 4.69) is 9.73 Å². The van der Waals surface area contributed by atoms with Gasteiger partial charge in [-0.1, -0.05) is 0 Å². The van der Waals surface area contributed by atoms with E-state index < -0.39 is 11.9 Å². The Morgan fingerprint density at radius 1 is 1.26 bits per heavy atom. The van der Waals surface area contributed by atoms with Crippen molar-refractivity contribution in [1.29, 1.82) is 0 Å². The van der Waals surface area contributed by atoms with Gasteiger partial charge in [-0.25, -0.2) is 4.79 Å². The second-order valence-corrected chi connectivity index (χ2v) is 3.92. The number of nitrogens with zero attached hydrogens (tertiary/aromatic N) is 2. The van der Waals surface area contributed by atoms with E-state index >= 15 is 0 Å². The maximum atomic E-state index is 11.8. The average Bonchev–Trinajstić information content (AvgIpc) is 2.42. The lowest BCUT2D eigenvalue weighted by atomic mass is 10.1. The second kappa shape index (κ2) is 6.53. The third kappa shape index (κ3) is 3.80. The SMILES string of the molecule is COC(=O)c1ccc(C(=O)N=CN(C)C)cc1OC. The number of carbonyl (C=O) groups is 2. The van der Waals surface area contributed by atoms with Gasteiger partial charge in [0.25, 0.3) is 5.91 Å². The summed E-state index contributed by atoms with van der Waals surface area (Å²) in [6, 6.07) is 4.44. The van der Waals surface area contributed by atoms with Crippen LogP contribution < -0.4 is 4.74 Å². The lowest BCUT2D eigenvalue weighted by Gasteiger charge is -2.08. The summed E-state index contributed by atoms with van der Waals surface area (Å²) in [4.78, 5) is 28.6. The van der Waals surface area contributed by atoms with E-state index in [4.69, 9.17) is 4.74 Å². The molecular formula is C13H16N2O4. The molecule has 0 N–H and O–H groups in total. The molecule has 0 saturated heterocycles. The molecule has 0 aromatic heterocycles. The molecule has 0 aliphatic carbocycles. The molecule has 0 fully saturated rings. The molecule has 0 aliphatic rings. The first-order chi connectivity index (χ1) is 8.99. The van der Waals surface area contributed by atoms with Gasteiger partial charge in [-0.15, -0.1) is 0 Å². The minimum atomic E-state index is -0.521. The van der Waals surface area contributed by atoms with Crippen molar-refractivity contribution in [1.82, 2.24) is 4.90 Å². The van der Waals surface area contributed by atoms with Crippen molar-refractivity contribution in [2.24, 2.45) is 4.99 Å². The highest BCUT2D eigenvalue weighted by molar-refractivity contribution is 6.00. The van der Waals surface area contributed by atoms with E-state index in [9.17, 15) is 9.59 Å². The topological polar surface area (TPSA) is 68.2 Å². The molecule has 19 heavy (non-hydrogen) atoms. The summed E-state index contributed by atoms with van der Waals surface area (Å²) < 4.78 is 9.69. The summed E-state index contributed by atoms with van der Waals surface area (Å²) in [5.74, 6) is -0.659. The van der Waals surface area contributed by atoms with Gasteiger partial charge in [-0.2, -0.15) is 4.99 Å². The van der Waals surface area contributed by atoms with E-state index in [-0.39, 0.29) is 11.3 Å². The molecule has 0 atom stereocenters. The number of methoxy groups -OCH3 is 2. The van der Waals surface area contributed by atoms with Crippen molar-refractivity contribution >= 4 is 18.2 Å². The van der Waals surface area contributed by atoms with Crippen LogP contribution in [-0.2, 0) is 4.74 Å². The molecule has 0 spiro atoms. The molecule has 0 heterocycles. The van der Waals surface area contributed by atoms with Crippen LogP contribution in [0.25, 0.3) is 0 Å². The molecule has 0 radical (unpaired) electrons. The number of carbonyl (C=O) groups excluding carboxylic acids is 2. The van der Waals surface area contributed by atoms with Crippen molar-refractivity contribution in [2.45, 2.75) is 0 Å². The van der Waals surface area contributed by atoms with Crippen LogP contribution in [0.15, 0.2) is 23.2 Å². The molecule has 0 unspecified atom stereocenters. The fourth-order valence-corrected chi connectivity index (χ4v) is 1.35. The van der Waals surface area contributed by atoms with Gasteiger partial charge in [0, 0.05) is 19.7 Å². The lowest BCUT2D eigenvalue weighted by molar-refractivity contribution is 0.0596. The normalized spacial score (nSPS) is 10.3. The number of esters is 1. The first-order valence-electron chi connectivity index (χ1n) is 5.51. The number of hydrogen-bond donors (Lipinski definition) is 0. The third-order valence-electron chi connectivity index (χ3n) is 2.26. The Hall–Kier alpha value is -2.37. The van der Waals surface area contributed by atoms with Crippen molar-refractivity contribution in [3.63, 3.8) is 0 Å². The zero-order chi connectivity index (χ0) is 14.4.